The van der Waals surface area contributed by atoms with Crippen LogP contribution in [0.3, 0.4) is 0 Å². The molecule has 2 aliphatic heterocycles. The first-order chi connectivity index (χ1) is 19.1. The van der Waals surface area contributed by atoms with E-state index in [9.17, 15) is 18.0 Å². The second-order valence-electron chi connectivity index (χ2n) is 13.0. The van der Waals surface area contributed by atoms with E-state index in [4.69, 9.17) is 23.2 Å². The fourth-order valence-electron chi connectivity index (χ4n) is 7.29. The second kappa shape index (κ2) is 10.9. The first kappa shape index (κ1) is 30.4. The zero-order valence-corrected chi connectivity index (χ0v) is 25.9. The van der Waals surface area contributed by atoms with E-state index in [-0.39, 0.29) is 46.1 Å². The molecule has 1 saturated heterocycles. The first-order valence-electron chi connectivity index (χ1n) is 13.9. The van der Waals surface area contributed by atoms with Crippen LogP contribution in [0.25, 0.3) is 0 Å². The zero-order valence-electron chi connectivity index (χ0n) is 23.6. The molecule has 0 aromatic heterocycles. The molecule has 3 N–H and O–H groups in total. The highest BCUT2D eigenvalue weighted by Gasteiger charge is 2.66. The summed E-state index contributed by atoms with van der Waals surface area (Å²) in [5, 5.41) is 6.88. The molecule has 2 fully saturated rings. The van der Waals surface area contributed by atoms with Crippen molar-refractivity contribution in [2.75, 3.05) is 11.6 Å². The number of halogens is 3. The van der Waals surface area contributed by atoms with E-state index in [1.54, 1.807) is 30.3 Å². The Kier molecular flexibility index (Phi) is 8.09. The number of benzene rings is 2. The van der Waals surface area contributed by atoms with Gasteiger partial charge in [-0.3, -0.25) is 9.59 Å². The Balaban J connectivity index is 1.60. The Bertz CT molecular complexity index is 1500. The summed E-state index contributed by atoms with van der Waals surface area (Å²) < 4.78 is 42.0. The predicted octanol–water partition coefficient (Wildman–Crippen LogP) is 5.56. The van der Waals surface area contributed by atoms with Gasteiger partial charge in [0.2, 0.25) is 15.9 Å². The third-order valence-corrected chi connectivity index (χ3v) is 9.99. The Labute approximate surface area is 251 Å². The van der Waals surface area contributed by atoms with Gasteiger partial charge in [0.15, 0.2) is 5.78 Å². The maximum absolute atomic E-state index is 15.9. The molecule has 222 valence electrons. The minimum atomic E-state index is -3.36. The minimum Gasteiger partial charge on any atom is -0.325 e. The fourth-order valence-corrected chi connectivity index (χ4v) is 8.46. The lowest BCUT2D eigenvalue weighted by atomic mass is 9.62. The number of carbonyl (C=O) groups is 2. The second-order valence-corrected chi connectivity index (χ2v) is 15.7. The van der Waals surface area contributed by atoms with Crippen molar-refractivity contribution < 1.29 is 22.4 Å². The van der Waals surface area contributed by atoms with Gasteiger partial charge in [-0.25, -0.2) is 17.5 Å². The van der Waals surface area contributed by atoms with E-state index < -0.39 is 39.3 Å². The van der Waals surface area contributed by atoms with Gasteiger partial charge in [-0.1, -0.05) is 62.2 Å². The molecular weight excluding hydrogens is 588 g/mol. The number of sulfonamides is 1. The third-order valence-electron chi connectivity index (χ3n) is 8.70. The van der Waals surface area contributed by atoms with Crippen molar-refractivity contribution in [1.29, 1.82) is 0 Å². The first-order valence-corrected chi connectivity index (χ1v) is 16.6. The van der Waals surface area contributed by atoms with Crippen molar-refractivity contribution in [2.45, 2.75) is 82.3 Å². The topological polar surface area (TPSA) is 104 Å². The number of amides is 1. The van der Waals surface area contributed by atoms with E-state index in [0.29, 0.717) is 42.0 Å². The van der Waals surface area contributed by atoms with Crippen molar-refractivity contribution in [3.8, 4) is 0 Å². The van der Waals surface area contributed by atoms with Crippen LogP contribution in [0.4, 0.5) is 10.1 Å². The monoisotopic (exact) mass is 623 g/mol. The maximum atomic E-state index is 15.9. The Morgan fingerprint density at radius 2 is 1.90 bits per heavy atom. The highest BCUT2D eigenvalue weighted by Crippen LogP contribution is 2.57. The standard InChI is InChI=1S/C30H36Cl2FN3O4S/c1-29(2,3)15-24-30(20-11-9-17(31)14-22(20)34-28(30)38)25(19-6-5-7-21(32)26(19)33)27(35-24)23(37)13-16-8-10-18(12-16)36-41(4,39)40/h5-7,9,11,14,16,18,24-25,27,35-36H,8,10,12-13,15H2,1-4H3,(H,34,38)/t16?,18-,24-,25+,27+,30+/m1/s1. The van der Waals surface area contributed by atoms with Crippen molar-refractivity contribution in [3.05, 3.63) is 63.4 Å². The molecule has 1 aliphatic carbocycles. The van der Waals surface area contributed by atoms with Crippen LogP contribution < -0.4 is 15.4 Å². The average molecular weight is 625 g/mol. The van der Waals surface area contributed by atoms with Crippen LogP contribution in [-0.4, -0.2) is 44.5 Å². The lowest BCUT2D eigenvalue weighted by Crippen LogP contribution is -2.49. The van der Waals surface area contributed by atoms with Crippen molar-refractivity contribution in [3.63, 3.8) is 0 Å². The van der Waals surface area contributed by atoms with Crippen molar-refractivity contribution in [2.24, 2.45) is 11.3 Å². The molecular formula is C30H36Cl2FN3O4S. The molecule has 1 saturated carbocycles. The van der Waals surface area contributed by atoms with Gasteiger partial charge >= 0.3 is 0 Å². The summed E-state index contributed by atoms with van der Waals surface area (Å²) in [5.74, 6) is -2.01. The largest absolute Gasteiger partial charge is 0.325 e. The number of nitrogens with one attached hydrogen (secondary N) is 3. The number of anilines is 1. The lowest BCUT2D eigenvalue weighted by molar-refractivity contribution is -0.123. The number of Topliss-reactive ketones (excluding diaryl/α,β-unsaturated/α-hetero) is 1. The van der Waals surface area contributed by atoms with Crippen LogP contribution in [0.15, 0.2) is 36.4 Å². The van der Waals surface area contributed by atoms with Gasteiger partial charge in [0.1, 0.15) is 11.2 Å². The molecule has 2 aromatic rings. The van der Waals surface area contributed by atoms with Gasteiger partial charge in [-0.2, -0.15) is 0 Å². The van der Waals surface area contributed by atoms with Gasteiger partial charge in [-0.15, -0.1) is 0 Å². The molecule has 2 aromatic carbocycles. The molecule has 1 spiro atoms. The van der Waals surface area contributed by atoms with Crippen molar-refractivity contribution in [1.82, 2.24) is 10.0 Å². The average Bonchev–Trinajstić information content (AvgIpc) is 3.49. The Morgan fingerprint density at radius 1 is 1.17 bits per heavy atom. The minimum absolute atomic E-state index is 0.0329. The van der Waals surface area contributed by atoms with Crippen molar-refractivity contribution >= 4 is 50.6 Å². The maximum Gasteiger partial charge on any atom is 0.237 e. The Hall–Kier alpha value is -2.04. The van der Waals surface area contributed by atoms with E-state index in [1.165, 1.54) is 6.07 Å². The highest BCUT2D eigenvalue weighted by atomic mass is 35.5. The van der Waals surface area contributed by atoms with Crippen LogP contribution in [0.1, 0.15) is 69.9 Å². The molecule has 1 amide bonds. The van der Waals surface area contributed by atoms with Crippen LogP contribution in [-0.2, 0) is 25.0 Å². The van der Waals surface area contributed by atoms with E-state index >= 15 is 4.39 Å². The number of hydrogen-bond acceptors (Lipinski definition) is 5. The quantitative estimate of drug-likeness (QED) is 0.375. The molecule has 0 radical (unpaired) electrons. The molecule has 3 aliphatic rings. The number of fused-ring (bicyclic) bond motifs is 2. The van der Waals surface area contributed by atoms with Crippen LogP contribution >= 0.6 is 23.2 Å². The number of rotatable bonds is 7. The molecule has 11 heteroatoms. The zero-order chi connectivity index (χ0) is 29.9. The smallest absolute Gasteiger partial charge is 0.237 e. The van der Waals surface area contributed by atoms with Gasteiger partial charge in [0.25, 0.3) is 0 Å². The fraction of sp³-hybridized carbons (Fsp3) is 0.533. The summed E-state index contributed by atoms with van der Waals surface area (Å²) in [6.07, 6.45) is 3.73. The van der Waals surface area contributed by atoms with Gasteiger partial charge < -0.3 is 10.6 Å². The summed E-state index contributed by atoms with van der Waals surface area (Å²) in [7, 11) is -3.36. The van der Waals surface area contributed by atoms with Crippen LogP contribution in [0, 0.1) is 17.2 Å². The summed E-state index contributed by atoms with van der Waals surface area (Å²) in [4.78, 5) is 28.4. The predicted molar refractivity (Wildman–Crippen MR) is 159 cm³/mol. The normalized spacial score (nSPS) is 29.6. The highest BCUT2D eigenvalue weighted by molar-refractivity contribution is 7.88. The summed E-state index contributed by atoms with van der Waals surface area (Å²) >= 11 is 12.6. The summed E-state index contributed by atoms with van der Waals surface area (Å²) in [5.41, 5.74) is -0.0952. The Morgan fingerprint density at radius 3 is 2.59 bits per heavy atom. The number of ketones is 1. The van der Waals surface area contributed by atoms with Crippen LogP contribution in [0.5, 0.6) is 0 Å². The molecule has 5 rings (SSSR count). The lowest BCUT2D eigenvalue weighted by Gasteiger charge is -2.37. The van der Waals surface area contributed by atoms with Crippen LogP contribution in [0.2, 0.25) is 10.0 Å². The SMILES string of the molecule is CC(C)(C)C[C@H]1N[C@@H](C(=O)CC2CC[C@@H](NS(C)(=O)=O)C2)[C@H](c2cccc(Cl)c2F)[C@@]12C(=O)Nc1cc(Cl)ccc12. The van der Waals surface area contributed by atoms with Gasteiger partial charge in [0.05, 0.1) is 17.3 Å². The number of hydrogen-bond donors (Lipinski definition) is 3. The van der Waals surface area contributed by atoms with E-state index in [1.807, 2.05) is 0 Å². The molecule has 0 bridgehead atoms. The molecule has 7 nitrogen and oxygen atoms in total. The summed E-state index contributed by atoms with van der Waals surface area (Å²) in [6, 6.07) is 8.31. The van der Waals surface area contributed by atoms with Gasteiger partial charge in [0, 0.05) is 35.1 Å². The van der Waals surface area contributed by atoms with E-state index in [2.05, 4.69) is 36.1 Å². The molecule has 6 atom stereocenters. The summed E-state index contributed by atoms with van der Waals surface area (Å²) in [6.45, 7) is 6.20. The molecule has 1 unspecified atom stereocenters. The third kappa shape index (κ3) is 5.80. The van der Waals surface area contributed by atoms with Gasteiger partial charge in [-0.05, 0) is 66.3 Å². The number of carbonyl (C=O) groups excluding carboxylic acids is 2. The van der Waals surface area contributed by atoms with E-state index in [0.717, 1.165) is 6.26 Å². The molecule has 41 heavy (non-hydrogen) atoms. The molecule has 2 heterocycles.